The summed E-state index contributed by atoms with van der Waals surface area (Å²) < 4.78 is 1.94. The van der Waals surface area contributed by atoms with E-state index in [1.54, 1.807) is 12.5 Å². The molecule has 2 aromatic heterocycles. The number of imidazole rings is 1. The number of amides is 1. The van der Waals surface area contributed by atoms with Crippen LogP contribution in [0.1, 0.15) is 16.1 Å². The Labute approximate surface area is 157 Å². The third-order valence-electron chi connectivity index (χ3n) is 4.58. The minimum absolute atomic E-state index is 0.127. The van der Waals surface area contributed by atoms with Crippen molar-refractivity contribution in [1.29, 1.82) is 0 Å². The SMILES string of the molecule is CN(C)c1ccc2cc(C(=O)NCc3ccccc3-n3ccnc3)[nH]c2c1. The average Bonchev–Trinajstić information content (AvgIpc) is 3.35. The molecule has 4 aromatic rings. The second kappa shape index (κ2) is 6.99. The van der Waals surface area contributed by atoms with Crippen molar-refractivity contribution in [2.24, 2.45) is 0 Å². The molecule has 0 radical (unpaired) electrons. The van der Waals surface area contributed by atoms with Crippen LogP contribution < -0.4 is 10.2 Å². The maximum absolute atomic E-state index is 12.6. The number of fused-ring (bicyclic) bond motifs is 1. The maximum Gasteiger partial charge on any atom is 0.267 e. The third-order valence-corrected chi connectivity index (χ3v) is 4.58. The van der Waals surface area contributed by atoms with Gasteiger partial charge in [-0.05, 0) is 29.8 Å². The number of benzene rings is 2. The van der Waals surface area contributed by atoms with Crippen molar-refractivity contribution in [3.63, 3.8) is 0 Å². The minimum Gasteiger partial charge on any atom is -0.378 e. The lowest BCUT2D eigenvalue weighted by Crippen LogP contribution is -2.23. The maximum atomic E-state index is 12.6. The number of hydrogen-bond donors (Lipinski definition) is 2. The summed E-state index contributed by atoms with van der Waals surface area (Å²) in [4.78, 5) is 22.0. The number of hydrogen-bond acceptors (Lipinski definition) is 3. The van der Waals surface area contributed by atoms with Gasteiger partial charge in [0, 0.05) is 49.6 Å². The van der Waals surface area contributed by atoms with Crippen LogP contribution in [0, 0.1) is 0 Å². The van der Waals surface area contributed by atoms with Gasteiger partial charge in [-0.2, -0.15) is 0 Å². The zero-order valence-corrected chi connectivity index (χ0v) is 15.3. The summed E-state index contributed by atoms with van der Waals surface area (Å²) in [6.07, 6.45) is 5.38. The van der Waals surface area contributed by atoms with Gasteiger partial charge < -0.3 is 19.8 Å². The predicted molar refractivity (Wildman–Crippen MR) is 107 cm³/mol. The molecule has 0 fully saturated rings. The number of anilines is 1. The summed E-state index contributed by atoms with van der Waals surface area (Å²) in [6, 6.07) is 15.9. The van der Waals surface area contributed by atoms with E-state index in [-0.39, 0.29) is 5.91 Å². The lowest BCUT2D eigenvalue weighted by Gasteiger charge is -2.11. The summed E-state index contributed by atoms with van der Waals surface area (Å²) in [6.45, 7) is 0.436. The number of aromatic amines is 1. The van der Waals surface area contributed by atoms with Crippen LogP contribution in [0.25, 0.3) is 16.6 Å². The Balaban J connectivity index is 1.53. The number of carbonyl (C=O) groups excluding carboxylic acids is 1. The molecule has 2 N–H and O–H groups in total. The molecule has 1 amide bonds. The molecule has 27 heavy (non-hydrogen) atoms. The smallest absolute Gasteiger partial charge is 0.267 e. The van der Waals surface area contributed by atoms with E-state index in [2.05, 4.69) is 15.3 Å². The van der Waals surface area contributed by atoms with E-state index in [0.717, 1.165) is 27.8 Å². The van der Waals surface area contributed by atoms with Crippen molar-refractivity contribution in [1.82, 2.24) is 19.9 Å². The summed E-state index contributed by atoms with van der Waals surface area (Å²) >= 11 is 0. The van der Waals surface area contributed by atoms with Gasteiger partial charge in [-0.3, -0.25) is 4.79 Å². The molecule has 2 aromatic carbocycles. The monoisotopic (exact) mass is 359 g/mol. The standard InChI is InChI=1S/C21H21N5O/c1-25(2)17-8-7-15-11-19(24-18(15)12-17)21(27)23-13-16-5-3-4-6-20(16)26-10-9-22-14-26/h3-12,14,24H,13H2,1-2H3,(H,23,27). The lowest BCUT2D eigenvalue weighted by atomic mass is 10.1. The van der Waals surface area contributed by atoms with Crippen LogP contribution in [0.3, 0.4) is 0 Å². The van der Waals surface area contributed by atoms with E-state index in [1.807, 2.05) is 78.3 Å². The van der Waals surface area contributed by atoms with Crippen LogP contribution in [0.5, 0.6) is 0 Å². The van der Waals surface area contributed by atoms with Crippen LogP contribution in [0.2, 0.25) is 0 Å². The third kappa shape index (κ3) is 3.42. The van der Waals surface area contributed by atoms with E-state index in [0.29, 0.717) is 12.2 Å². The van der Waals surface area contributed by atoms with Gasteiger partial charge in [0.2, 0.25) is 0 Å². The Morgan fingerprint density at radius 1 is 1.19 bits per heavy atom. The topological polar surface area (TPSA) is 66.0 Å². The van der Waals surface area contributed by atoms with Crippen molar-refractivity contribution in [3.8, 4) is 5.69 Å². The summed E-state index contributed by atoms with van der Waals surface area (Å²) in [5.74, 6) is -0.127. The van der Waals surface area contributed by atoms with Crippen LogP contribution in [0.15, 0.2) is 67.3 Å². The van der Waals surface area contributed by atoms with Gasteiger partial charge in [0.05, 0.1) is 12.0 Å². The van der Waals surface area contributed by atoms with Crippen molar-refractivity contribution in [2.75, 3.05) is 19.0 Å². The highest BCUT2D eigenvalue weighted by Crippen LogP contribution is 2.21. The molecule has 0 saturated carbocycles. The van der Waals surface area contributed by atoms with E-state index in [9.17, 15) is 4.79 Å². The predicted octanol–water partition coefficient (Wildman–Crippen LogP) is 3.35. The van der Waals surface area contributed by atoms with Crippen LogP contribution >= 0.6 is 0 Å². The number of nitrogens with one attached hydrogen (secondary N) is 2. The zero-order valence-electron chi connectivity index (χ0n) is 15.3. The first-order chi connectivity index (χ1) is 13.1. The molecule has 0 spiro atoms. The molecule has 0 aliphatic carbocycles. The van der Waals surface area contributed by atoms with E-state index in [4.69, 9.17) is 0 Å². The van der Waals surface area contributed by atoms with Gasteiger partial charge in [-0.1, -0.05) is 24.3 Å². The molecule has 0 unspecified atom stereocenters. The number of carbonyl (C=O) groups is 1. The molecule has 6 heteroatoms. The molecular weight excluding hydrogens is 338 g/mol. The van der Waals surface area contributed by atoms with Crippen molar-refractivity contribution >= 4 is 22.5 Å². The highest BCUT2D eigenvalue weighted by molar-refractivity contribution is 5.98. The molecule has 0 bridgehead atoms. The Morgan fingerprint density at radius 2 is 2.04 bits per heavy atom. The Kier molecular flexibility index (Phi) is 4.38. The van der Waals surface area contributed by atoms with Gasteiger partial charge >= 0.3 is 0 Å². The van der Waals surface area contributed by atoms with Crippen molar-refractivity contribution in [2.45, 2.75) is 6.54 Å². The fourth-order valence-corrected chi connectivity index (χ4v) is 3.10. The highest BCUT2D eigenvalue weighted by Gasteiger charge is 2.11. The largest absolute Gasteiger partial charge is 0.378 e. The van der Waals surface area contributed by atoms with Gasteiger partial charge in [0.1, 0.15) is 5.69 Å². The van der Waals surface area contributed by atoms with Gasteiger partial charge in [0.25, 0.3) is 5.91 Å². The van der Waals surface area contributed by atoms with E-state index < -0.39 is 0 Å². The Morgan fingerprint density at radius 3 is 2.81 bits per heavy atom. The number of H-pyrrole nitrogens is 1. The lowest BCUT2D eigenvalue weighted by molar-refractivity contribution is 0.0947. The van der Waals surface area contributed by atoms with E-state index >= 15 is 0 Å². The van der Waals surface area contributed by atoms with Crippen LogP contribution in [-0.4, -0.2) is 34.5 Å². The summed E-state index contributed by atoms with van der Waals surface area (Å²) in [5, 5.41) is 4.02. The minimum atomic E-state index is -0.127. The Bertz CT molecular complexity index is 1080. The molecule has 4 rings (SSSR count). The fourth-order valence-electron chi connectivity index (χ4n) is 3.10. The second-order valence-electron chi connectivity index (χ2n) is 6.63. The van der Waals surface area contributed by atoms with Crippen LogP contribution in [0.4, 0.5) is 5.69 Å². The normalized spacial score (nSPS) is 10.9. The number of aromatic nitrogens is 3. The molecule has 0 aliphatic heterocycles. The van der Waals surface area contributed by atoms with Crippen LogP contribution in [-0.2, 0) is 6.54 Å². The van der Waals surface area contributed by atoms with E-state index in [1.165, 1.54) is 0 Å². The van der Waals surface area contributed by atoms with Crippen molar-refractivity contribution in [3.05, 3.63) is 78.5 Å². The quantitative estimate of drug-likeness (QED) is 0.574. The number of rotatable bonds is 5. The molecule has 6 nitrogen and oxygen atoms in total. The Hall–Kier alpha value is -3.54. The molecule has 0 saturated heterocycles. The molecule has 0 aliphatic rings. The molecular formula is C21H21N5O. The first-order valence-corrected chi connectivity index (χ1v) is 8.76. The van der Waals surface area contributed by atoms with Crippen molar-refractivity contribution < 1.29 is 4.79 Å². The summed E-state index contributed by atoms with van der Waals surface area (Å²) in [7, 11) is 3.99. The van der Waals surface area contributed by atoms with Gasteiger partial charge in [-0.25, -0.2) is 4.98 Å². The summed E-state index contributed by atoms with van der Waals surface area (Å²) in [5.41, 5.74) is 4.62. The highest BCUT2D eigenvalue weighted by atomic mass is 16.1. The first kappa shape index (κ1) is 16.9. The molecule has 2 heterocycles. The average molecular weight is 359 g/mol. The van der Waals surface area contributed by atoms with Gasteiger partial charge in [0.15, 0.2) is 0 Å². The fraction of sp³-hybridized carbons (Fsp3) is 0.143. The molecule has 136 valence electrons. The first-order valence-electron chi connectivity index (χ1n) is 8.76. The zero-order chi connectivity index (χ0) is 18.8. The number of nitrogens with zero attached hydrogens (tertiary/aromatic N) is 3. The second-order valence-corrected chi connectivity index (χ2v) is 6.63. The van der Waals surface area contributed by atoms with Gasteiger partial charge in [-0.15, -0.1) is 0 Å². The number of para-hydroxylation sites is 1. The molecule has 0 atom stereocenters.